The first-order chi connectivity index (χ1) is 14.3. The number of aliphatic hydroxyl groups is 1. The predicted octanol–water partition coefficient (Wildman–Crippen LogP) is 2.81. The van der Waals surface area contributed by atoms with Gasteiger partial charge in [-0.05, 0) is 39.3 Å². The van der Waals surface area contributed by atoms with Crippen molar-refractivity contribution in [3.8, 4) is 0 Å². The predicted molar refractivity (Wildman–Crippen MR) is 101 cm³/mol. The average molecular weight is 444 g/mol. The van der Waals surface area contributed by atoms with Gasteiger partial charge in [0.15, 0.2) is 5.82 Å². The highest BCUT2D eigenvalue weighted by Crippen LogP contribution is 2.35. The SMILES string of the molecule is Cc1noc(C(CO)NC(=O)C(NC(=O)OC(C)(C)C)c2ccccc2C(F)(F)F)n1. The fourth-order valence-electron chi connectivity index (χ4n) is 2.61. The topological polar surface area (TPSA) is 127 Å². The number of alkyl halides is 3. The van der Waals surface area contributed by atoms with Gasteiger partial charge < -0.3 is 25.0 Å². The largest absolute Gasteiger partial charge is 0.444 e. The number of halogens is 3. The summed E-state index contributed by atoms with van der Waals surface area (Å²) in [6.07, 6.45) is -5.89. The standard InChI is InChI=1S/C19H23F3N4O5/c1-10-23-16(31-26-10)13(9-27)24-15(28)14(25-17(29)30-18(2,3)4)11-7-5-6-8-12(11)19(20,21)22/h5-8,13-14,27H,9H2,1-4H3,(H,24,28)(H,25,29). The van der Waals surface area contributed by atoms with Crippen LogP contribution in [0.3, 0.4) is 0 Å². The van der Waals surface area contributed by atoms with Gasteiger partial charge in [0.25, 0.3) is 5.89 Å². The lowest BCUT2D eigenvalue weighted by atomic mass is 9.99. The molecule has 0 saturated heterocycles. The van der Waals surface area contributed by atoms with Crippen LogP contribution in [-0.4, -0.2) is 39.5 Å². The highest BCUT2D eigenvalue weighted by molar-refractivity contribution is 5.87. The van der Waals surface area contributed by atoms with Crippen LogP contribution in [0.25, 0.3) is 0 Å². The summed E-state index contributed by atoms with van der Waals surface area (Å²) in [7, 11) is 0. The van der Waals surface area contributed by atoms with Gasteiger partial charge in [-0.2, -0.15) is 18.2 Å². The molecular formula is C19H23F3N4O5. The first-order valence-electron chi connectivity index (χ1n) is 9.19. The zero-order valence-corrected chi connectivity index (χ0v) is 17.3. The molecule has 1 aromatic heterocycles. The molecule has 0 aliphatic heterocycles. The molecule has 2 unspecified atom stereocenters. The zero-order valence-electron chi connectivity index (χ0n) is 17.3. The maximum atomic E-state index is 13.5. The van der Waals surface area contributed by atoms with Crippen LogP contribution in [-0.2, 0) is 15.7 Å². The summed E-state index contributed by atoms with van der Waals surface area (Å²) in [5.74, 6) is -0.959. The highest BCUT2D eigenvalue weighted by Gasteiger charge is 2.38. The molecule has 0 fully saturated rings. The molecule has 1 heterocycles. The van der Waals surface area contributed by atoms with Crippen molar-refractivity contribution in [1.82, 2.24) is 20.8 Å². The van der Waals surface area contributed by atoms with Crippen molar-refractivity contribution in [2.24, 2.45) is 0 Å². The van der Waals surface area contributed by atoms with Crippen LogP contribution >= 0.6 is 0 Å². The Morgan fingerprint density at radius 3 is 2.35 bits per heavy atom. The number of aryl methyl sites for hydroxylation is 1. The maximum Gasteiger partial charge on any atom is 0.416 e. The monoisotopic (exact) mass is 444 g/mol. The Labute approximate surface area is 176 Å². The van der Waals surface area contributed by atoms with Crippen LogP contribution in [0.4, 0.5) is 18.0 Å². The lowest BCUT2D eigenvalue weighted by Crippen LogP contribution is -2.44. The van der Waals surface area contributed by atoms with Gasteiger partial charge in [0, 0.05) is 0 Å². The number of hydrogen-bond acceptors (Lipinski definition) is 7. The van der Waals surface area contributed by atoms with Crippen molar-refractivity contribution in [2.75, 3.05) is 6.61 Å². The van der Waals surface area contributed by atoms with Crippen molar-refractivity contribution in [2.45, 2.75) is 51.6 Å². The summed E-state index contributed by atoms with van der Waals surface area (Å²) in [5.41, 5.74) is -2.57. The van der Waals surface area contributed by atoms with E-state index < -0.39 is 53.6 Å². The first-order valence-corrected chi connectivity index (χ1v) is 9.19. The number of aromatic nitrogens is 2. The van der Waals surface area contributed by atoms with Crippen LogP contribution in [0.2, 0.25) is 0 Å². The third-order valence-electron chi connectivity index (χ3n) is 3.84. The smallest absolute Gasteiger partial charge is 0.416 e. The Balaban J connectivity index is 2.40. The van der Waals surface area contributed by atoms with E-state index in [2.05, 4.69) is 20.8 Å². The number of rotatable bonds is 6. The van der Waals surface area contributed by atoms with Gasteiger partial charge in [0.05, 0.1) is 12.2 Å². The number of ether oxygens (including phenoxy) is 1. The van der Waals surface area contributed by atoms with E-state index in [1.165, 1.54) is 13.0 Å². The van der Waals surface area contributed by atoms with E-state index in [4.69, 9.17) is 9.26 Å². The van der Waals surface area contributed by atoms with Crippen molar-refractivity contribution < 1.29 is 37.1 Å². The molecule has 1 aromatic carbocycles. The first kappa shape index (κ1) is 24.1. The van der Waals surface area contributed by atoms with Crippen LogP contribution in [0.1, 0.15) is 55.7 Å². The molecule has 31 heavy (non-hydrogen) atoms. The molecule has 170 valence electrons. The lowest BCUT2D eigenvalue weighted by molar-refractivity contribution is -0.139. The highest BCUT2D eigenvalue weighted by atomic mass is 19.4. The van der Waals surface area contributed by atoms with Crippen molar-refractivity contribution in [1.29, 1.82) is 0 Å². The maximum absolute atomic E-state index is 13.5. The minimum atomic E-state index is -4.79. The summed E-state index contributed by atoms with van der Waals surface area (Å²) in [6.45, 7) is 5.52. The molecule has 2 amide bonds. The fraction of sp³-hybridized carbons (Fsp3) is 0.474. The van der Waals surface area contributed by atoms with E-state index in [-0.39, 0.29) is 11.7 Å². The van der Waals surface area contributed by atoms with Crippen LogP contribution < -0.4 is 10.6 Å². The Bertz CT molecular complexity index is 924. The van der Waals surface area contributed by atoms with Gasteiger partial charge in [-0.25, -0.2) is 4.79 Å². The zero-order chi connectivity index (χ0) is 23.4. The number of carbonyl (C=O) groups excluding carboxylic acids is 2. The van der Waals surface area contributed by atoms with E-state index in [9.17, 15) is 27.9 Å². The van der Waals surface area contributed by atoms with Gasteiger partial charge in [0.1, 0.15) is 17.7 Å². The average Bonchev–Trinajstić information content (AvgIpc) is 3.08. The van der Waals surface area contributed by atoms with Crippen LogP contribution in [0.15, 0.2) is 28.8 Å². The summed E-state index contributed by atoms with van der Waals surface area (Å²) < 4.78 is 50.6. The van der Waals surface area contributed by atoms with Gasteiger partial charge in [0.2, 0.25) is 5.91 Å². The Hall–Kier alpha value is -3.15. The molecule has 0 saturated carbocycles. The summed E-state index contributed by atoms with van der Waals surface area (Å²) in [5, 5.41) is 17.6. The number of alkyl carbamates (subject to hydrolysis) is 1. The third-order valence-corrected chi connectivity index (χ3v) is 3.84. The van der Waals surface area contributed by atoms with E-state index in [0.29, 0.717) is 0 Å². The number of carbonyl (C=O) groups is 2. The van der Waals surface area contributed by atoms with Crippen molar-refractivity contribution >= 4 is 12.0 Å². The quantitative estimate of drug-likeness (QED) is 0.625. The second-order valence-corrected chi connectivity index (χ2v) is 7.59. The third kappa shape index (κ3) is 6.67. The number of nitrogens with zero attached hydrogens (tertiary/aromatic N) is 2. The van der Waals surface area contributed by atoms with E-state index >= 15 is 0 Å². The van der Waals surface area contributed by atoms with Crippen LogP contribution in [0, 0.1) is 6.92 Å². The molecule has 2 rings (SSSR count). The summed E-state index contributed by atoms with van der Waals surface area (Å²) >= 11 is 0. The molecular weight excluding hydrogens is 421 g/mol. The molecule has 2 aromatic rings. The van der Waals surface area contributed by atoms with Crippen molar-refractivity contribution in [3.05, 3.63) is 47.1 Å². The van der Waals surface area contributed by atoms with E-state index in [1.807, 2.05) is 0 Å². The number of hydrogen-bond donors (Lipinski definition) is 3. The molecule has 0 aliphatic carbocycles. The normalized spacial score (nSPS) is 13.9. The molecule has 2 atom stereocenters. The number of nitrogens with one attached hydrogen (secondary N) is 2. The minimum absolute atomic E-state index is 0.145. The second kappa shape index (κ2) is 9.33. The molecule has 0 aliphatic rings. The van der Waals surface area contributed by atoms with E-state index in [1.54, 1.807) is 20.8 Å². The molecule has 9 nitrogen and oxygen atoms in total. The summed E-state index contributed by atoms with van der Waals surface area (Å²) in [4.78, 5) is 29.1. The minimum Gasteiger partial charge on any atom is -0.444 e. The number of benzene rings is 1. The molecule has 3 N–H and O–H groups in total. The van der Waals surface area contributed by atoms with E-state index in [0.717, 1.165) is 18.2 Å². The van der Waals surface area contributed by atoms with Crippen LogP contribution in [0.5, 0.6) is 0 Å². The second-order valence-electron chi connectivity index (χ2n) is 7.59. The number of aliphatic hydroxyl groups excluding tert-OH is 1. The molecule has 0 radical (unpaired) electrons. The van der Waals surface area contributed by atoms with Gasteiger partial charge >= 0.3 is 12.3 Å². The number of amides is 2. The summed E-state index contributed by atoms with van der Waals surface area (Å²) in [6, 6.07) is 1.33. The molecule has 12 heteroatoms. The van der Waals surface area contributed by atoms with Gasteiger partial charge in [-0.15, -0.1) is 0 Å². The Morgan fingerprint density at radius 2 is 1.84 bits per heavy atom. The Kier molecular flexibility index (Phi) is 7.26. The lowest BCUT2D eigenvalue weighted by Gasteiger charge is -2.26. The van der Waals surface area contributed by atoms with Gasteiger partial charge in [-0.3, -0.25) is 4.79 Å². The van der Waals surface area contributed by atoms with Gasteiger partial charge in [-0.1, -0.05) is 23.4 Å². The molecule has 0 spiro atoms. The Morgan fingerprint density at radius 1 is 1.19 bits per heavy atom. The molecule has 0 bridgehead atoms. The fourth-order valence-corrected chi connectivity index (χ4v) is 2.61. The van der Waals surface area contributed by atoms with Crippen molar-refractivity contribution in [3.63, 3.8) is 0 Å².